The minimum atomic E-state index is 0.562. The molecular formula is C15H14ClIN2O. The van der Waals surface area contributed by atoms with Gasteiger partial charge in [0.25, 0.3) is 0 Å². The van der Waals surface area contributed by atoms with Crippen LogP contribution in [0.4, 0.5) is 0 Å². The fourth-order valence-electron chi connectivity index (χ4n) is 2.21. The van der Waals surface area contributed by atoms with Crippen molar-refractivity contribution in [3.63, 3.8) is 0 Å². The molecule has 0 aliphatic heterocycles. The fourth-order valence-corrected chi connectivity index (χ4v) is 3.08. The van der Waals surface area contributed by atoms with Gasteiger partial charge in [-0.25, -0.2) is 9.97 Å². The summed E-state index contributed by atoms with van der Waals surface area (Å²) in [5.74, 6) is 2.19. The molecule has 2 aromatic rings. The second-order valence-corrected chi connectivity index (χ2v) is 6.33. The summed E-state index contributed by atoms with van der Waals surface area (Å²) in [6.07, 6.45) is 3.05. The standard InChI is InChI=1S/C15H14ClIN2O/c1-20-11-5-3-2-4-10(11)8-12-18-14(9-6-7-9)13(17)15(16)19-12/h2-5,9H,6-8H2,1H3. The van der Waals surface area contributed by atoms with E-state index >= 15 is 0 Å². The van der Waals surface area contributed by atoms with Gasteiger partial charge in [-0.3, -0.25) is 0 Å². The van der Waals surface area contributed by atoms with Crippen molar-refractivity contribution in [1.82, 2.24) is 9.97 Å². The van der Waals surface area contributed by atoms with Gasteiger partial charge in [-0.2, -0.15) is 0 Å². The van der Waals surface area contributed by atoms with Crippen LogP contribution in [-0.4, -0.2) is 17.1 Å². The van der Waals surface area contributed by atoms with Crippen LogP contribution in [0, 0.1) is 3.57 Å². The summed E-state index contributed by atoms with van der Waals surface area (Å²) in [5.41, 5.74) is 2.18. The number of hydrogen-bond donors (Lipinski definition) is 0. The first-order valence-corrected chi connectivity index (χ1v) is 7.98. The van der Waals surface area contributed by atoms with Crippen LogP contribution in [0.5, 0.6) is 5.75 Å². The smallest absolute Gasteiger partial charge is 0.146 e. The Morgan fingerprint density at radius 2 is 2.05 bits per heavy atom. The summed E-state index contributed by atoms with van der Waals surface area (Å²) < 4.78 is 6.37. The number of aromatic nitrogens is 2. The maximum Gasteiger partial charge on any atom is 0.146 e. The molecule has 1 aliphatic rings. The molecule has 1 heterocycles. The first-order valence-electron chi connectivity index (χ1n) is 6.52. The number of benzene rings is 1. The van der Waals surface area contributed by atoms with Crippen molar-refractivity contribution in [2.24, 2.45) is 0 Å². The molecular weight excluding hydrogens is 387 g/mol. The Balaban J connectivity index is 1.94. The van der Waals surface area contributed by atoms with Gasteiger partial charge in [-0.1, -0.05) is 29.8 Å². The third-order valence-corrected chi connectivity index (χ3v) is 5.04. The highest BCUT2D eigenvalue weighted by molar-refractivity contribution is 14.1. The number of halogens is 2. The Bertz CT molecular complexity index is 644. The summed E-state index contributed by atoms with van der Waals surface area (Å²) in [6, 6.07) is 7.93. The van der Waals surface area contributed by atoms with E-state index in [1.54, 1.807) is 7.11 Å². The van der Waals surface area contributed by atoms with Crippen molar-refractivity contribution in [2.75, 3.05) is 7.11 Å². The molecule has 5 heteroatoms. The Kier molecular flexibility index (Phi) is 4.12. The van der Waals surface area contributed by atoms with Gasteiger partial charge in [-0.05, 0) is 41.5 Å². The summed E-state index contributed by atoms with van der Waals surface area (Å²) >= 11 is 8.48. The Labute approximate surface area is 136 Å². The van der Waals surface area contributed by atoms with E-state index in [2.05, 4.69) is 27.6 Å². The maximum absolute atomic E-state index is 6.24. The van der Waals surface area contributed by atoms with Crippen LogP contribution >= 0.6 is 34.2 Å². The molecule has 0 unspecified atom stereocenters. The first kappa shape index (κ1) is 14.1. The lowest BCUT2D eigenvalue weighted by atomic mass is 10.1. The van der Waals surface area contributed by atoms with E-state index in [1.807, 2.05) is 24.3 Å². The normalized spacial score (nSPS) is 14.3. The summed E-state index contributed by atoms with van der Waals surface area (Å²) in [4.78, 5) is 9.11. The van der Waals surface area contributed by atoms with E-state index in [0.29, 0.717) is 17.5 Å². The molecule has 1 aromatic carbocycles. The van der Waals surface area contributed by atoms with E-state index in [1.165, 1.54) is 12.8 Å². The zero-order valence-corrected chi connectivity index (χ0v) is 14.0. The lowest BCUT2D eigenvalue weighted by Crippen LogP contribution is -2.04. The molecule has 0 saturated heterocycles. The lowest BCUT2D eigenvalue weighted by molar-refractivity contribution is 0.410. The van der Waals surface area contributed by atoms with Crippen molar-refractivity contribution >= 4 is 34.2 Å². The number of hydrogen-bond acceptors (Lipinski definition) is 3. The zero-order chi connectivity index (χ0) is 14.1. The number of nitrogens with zero attached hydrogens (tertiary/aromatic N) is 2. The average molecular weight is 401 g/mol. The highest BCUT2D eigenvalue weighted by Crippen LogP contribution is 2.42. The predicted octanol–water partition coefficient (Wildman–Crippen LogP) is 4.21. The van der Waals surface area contributed by atoms with Crippen LogP contribution in [0.15, 0.2) is 24.3 Å². The topological polar surface area (TPSA) is 35.0 Å². The molecule has 3 nitrogen and oxygen atoms in total. The summed E-state index contributed by atoms with van der Waals surface area (Å²) in [7, 11) is 1.68. The summed E-state index contributed by atoms with van der Waals surface area (Å²) in [6.45, 7) is 0. The van der Waals surface area contributed by atoms with Crippen LogP contribution in [0.25, 0.3) is 0 Å². The fraction of sp³-hybridized carbons (Fsp3) is 0.333. The zero-order valence-electron chi connectivity index (χ0n) is 11.1. The highest BCUT2D eigenvalue weighted by Gasteiger charge is 2.29. The minimum absolute atomic E-state index is 0.562. The van der Waals surface area contributed by atoms with E-state index in [-0.39, 0.29) is 0 Å². The number of ether oxygens (including phenoxy) is 1. The molecule has 0 bridgehead atoms. The summed E-state index contributed by atoms with van der Waals surface area (Å²) in [5, 5.41) is 0.562. The molecule has 0 atom stereocenters. The molecule has 0 radical (unpaired) electrons. The van der Waals surface area contributed by atoms with Gasteiger partial charge in [0.1, 0.15) is 16.7 Å². The van der Waals surface area contributed by atoms with E-state index in [4.69, 9.17) is 21.3 Å². The van der Waals surface area contributed by atoms with Gasteiger partial charge in [0.2, 0.25) is 0 Å². The van der Waals surface area contributed by atoms with Crippen LogP contribution in [0.3, 0.4) is 0 Å². The number of methoxy groups -OCH3 is 1. The first-order chi connectivity index (χ1) is 9.69. The van der Waals surface area contributed by atoms with E-state index in [0.717, 1.165) is 26.4 Å². The number of para-hydroxylation sites is 1. The molecule has 0 N–H and O–H groups in total. The minimum Gasteiger partial charge on any atom is -0.496 e. The van der Waals surface area contributed by atoms with Crippen LogP contribution in [-0.2, 0) is 6.42 Å². The van der Waals surface area contributed by atoms with Crippen LogP contribution in [0.1, 0.15) is 35.8 Å². The monoisotopic (exact) mass is 400 g/mol. The van der Waals surface area contributed by atoms with Gasteiger partial charge < -0.3 is 4.74 Å². The average Bonchev–Trinajstić information content (AvgIpc) is 3.28. The van der Waals surface area contributed by atoms with Gasteiger partial charge in [0.15, 0.2) is 0 Å². The third kappa shape index (κ3) is 2.91. The molecule has 104 valence electrons. The Morgan fingerprint density at radius 3 is 2.75 bits per heavy atom. The largest absolute Gasteiger partial charge is 0.496 e. The molecule has 0 amide bonds. The van der Waals surface area contributed by atoms with Gasteiger partial charge >= 0.3 is 0 Å². The SMILES string of the molecule is COc1ccccc1Cc1nc(Cl)c(I)c(C2CC2)n1. The van der Waals surface area contributed by atoms with Gasteiger partial charge in [-0.15, -0.1) is 0 Å². The van der Waals surface area contributed by atoms with Crippen molar-refractivity contribution < 1.29 is 4.74 Å². The van der Waals surface area contributed by atoms with Gasteiger partial charge in [0, 0.05) is 17.9 Å². The third-order valence-electron chi connectivity index (χ3n) is 3.39. The molecule has 1 saturated carbocycles. The van der Waals surface area contributed by atoms with Crippen molar-refractivity contribution in [2.45, 2.75) is 25.2 Å². The molecule has 1 aliphatic carbocycles. The van der Waals surface area contributed by atoms with Crippen LogP contribution in [0.2, 0.25) is 5.15 Å². The van der Waals surface area contributed by atoms with E-state index < -0.39 is 0 Å². The van der Waals surface area contributed by atoms with Crippen molar-refractivity contribution in [3.05, 3.63) is 50.1 Å². The highest BCUT2D eigenvalue weighted by atomic mass is 127. The van der Waals surface area contributed by atoms with E-state index in [9.17, 15) is 0 Å². The second-order valence-electron chi connectivity index (χ2n) is 4.89. The Hall–Kier alpha value is -0.880. The molecule has 1 aromatic heterocycles. The maximum atomic E-state index is 6.24. The lowest BCUT2D eigenvalue weighted by Gasteiger charge is -2.10. The predicted molar refractivity (Wildman–Crippen MR) is 87.5 cm³/mol. The molecule has 3 rings (SSSR count). The second kappa shape index (κ2) is 5.85. The molecule has 0 spiro atoms. The molecule has 1 fully saturated rings. The van der Waals surface area contributed by atoms with Crippen LogP contribution < -0.4 is 4.74 Å². The van der Waals surface area contributed by atoms with Crippen molar-refractivity contribution in [3.8, 4) is 5.75 Å². The Morgan fingerprint density at radius 1 is 1.30 bits per heavy atom. The quantitative estimate of drug-likeness (QED) is 0.569. The molecule has 20 heavy (non-hydrogen) atoms. The number of rotatable bonds is 4. The van der Waals surface area contributed by atoms with Crippen molar-refractivity contribution in [1.29, 1.82) is 0 Å². The van der Waals surface area contributed by atoms with Gasteiger partial charge in [0.05, 0.1) is 16.4 Å².